The van der Waals surface area contributed by atoms with Crippen LogP contribution in [0, 0.1) is 6.92 Å². The number of nitrogen functional groups attached to an aromatic ring is 1. The van der Waals surface area contributed by atoms with Crippen molar-refractivity contribution in [2.45, 2.75) is 11.8 Å². The van der Waals surface area contributed by atoms with Gasteiger partial charge in [-0.2, -0.15) is 0 Å². The zero-order chi connectivity index (χ0) is 21.8. The van der Waals surface area contributed by atoms with Gasteiger partial charge in [-0.05, 0) is 48.9 Å². The van der Waals surface area contributed by atoms with E-state index in [4.69, 9.17) is 5.73 Å². The molecule has 0 fully saturated rings. The van der Waals surface area contributed by atoms with Crippen LogP contribution in [-0.4, -0.2) is 18.4 Å². The zero-order valence-corrected chi connectivity index (χ0v) is 17.6. The summed E-state index contributed by atoms with van der Waals surface area (Å²) in [4.78, 5) is 8.80. The standard InChI is InChI=1S/C23H21N5O2S/c1-16-20(11-6-12-21(16)28-31(29,30)19-9-3-2-4-10-19)27-23-14-22(25-15-26-23)17-7-5-8-18(24)13-17/h2-15,28H,24H2,1H3,(H,25,26,27). The molecule has 0 atom stereocenters. The van der Waals surface area contributed by atoms with Crippen LogP contribution in [0.15, 0.2) is 90.1 Å². The lowest BCUT2D eigenvalue weighted by molar-refractivity contribution is 0.601. The van der Waals surface area contributed by atoms with E-state index in [2.05, 4.69) is 20.0 Å². The third-order valence-electron chi connectivity index (χ3n) is 4.74. The van der Waals surface area contributed by atoms with Crippen LogP contribution in [0.4, 0.5) is 22.9 Å². The highest BCUT2D eigenvalue weighted by Gasteiger charge is 2.16. The first-order chi connectivity index (χ1) is 14.9. The fourth-order valence-electron chi connectivity index (χ4n) is 3.10. The van der Waals surface area contributed by atoms with Crippen LogP contribution >= 0.6 is 0 Å². The van der Waals surface area contributed by atoms with Gasteiger partial charge in [0.25, 0.3) is 10.0 Å². The monoisotopic (exact) mass is 431 g/mol. The highest BCUT2D eigenvalue weighted by molar-refractivity contribution is 7.92. The van der Waals surface area contributed by atoms with Crippen molar-refractivity contribution in [3.8, 4) is 11.3 Å². The quantitative estimate of drug-likeness (QED) is 0.386. The van der Waals surface area contributed by atoms with E-state index in [1.807, 2.05) is 43.3 Å². The molecule has 0 saturated carbocycles. The summed E-state index contributed by atoms with van der Waals surface area (Å²) < 4.78 is 28.0. The first kappa shape index (κ1) is 20.4. The molecule has 3 aromatic carbocycles. The fraction of sp³-hybridized carbons (Fsp3) is 0.0435. The maximum atomic E-state index is 12.7. The maximum Gasteiger partial charge on any atom is 0.261 e. The summed E-state index contributed by atoms with van der Waals surface area (Å²) in [7, 11) is -3.69. The van der Waals surface area contributed by atoms with E-state index in [-0.39, 0.29) is 4.90 Å². The molecule has 4 aromatic rings. The molecule has 0 bridgehead atoms. The Morgan fingerprint density at radius 3 is 2.35 bits per heavy atom. The minimum Gasteiger partial charge on any atom is -0.399 e. The van der Waals surface area contributed by atoms with Gasteiger partial charge in [0.2, 0.25) is 0 Å². The average molecular weight is 432 g/mol. The molecule has 0 saturated heterocycles. The Balaban J connectivity index is 1.60. The van der Waals surface area contributed by atoms with Gasteiger partial charge in [0.15, 0.2) is 0 Å². The molecule has 0 aliphatic carbocycles. The van der Waals surface area contributed by atoms with Crippen LogP contribution in [-0.2, 0) is 10.0 Å². The SMILES string of the molecule is Cc1c(Nc2cc(-c3cccc(N)c3)ncn2)cccc1NS(=O)(=O)c1ccccc1. The number of nitrogens with two attached hydrogens (primary N) is 1. The number of aromatic nitrogens is 2. The number of hydrogen-bond donors (Lipinski definition) is 3. The van der Waals surface area contributed by atoms with Gasteiger partial charge < -0.3 is 11.1 Å². The van der Waals surface area contributed by atoms with Gasteiger partial charge in [-0.1, -0.05) is 36.4 Å². The molecule has 0 radical (unpaired) electrons. The van der Waals surface area contributed by atoms with Crippen LogP contribution < -0.4 is 15.8 Å². The predicted molar refractivity (Wildman–Crippen MR) is 124 cm³/mol. The number of nitrogens with one attached hydrogen (secondary N) is 2. The van der Waals surface area contributed by atoms with E-state index >= 15 is 0 Å². The third kappa shape index (κ3) is 4.65. The topological polar surface area (TPSA) is 110 Å². The molecule has 31 heavy (non-hydrogen) atoms. The Kier molecular flexibility index (Phi) is 5.55. The molecule has 4 N–H and O–H groups in total. The molecule has 0 amide bonds. The van der Waals surface area contributed by atoms with E-state index in [1.165, 1.54) is 6.33 Å². The van der Waals surface area contributed by atoms with E-state index in [0.717, 1.165) is 22.5 Å². The molecule has 0 aliphatic rings. The Hall–Kier alpha value is -3.91. The summed E-state index contributed by atoms with van der Waals surface area (Å²) in [6.45, 7) is 1.84. The van der Waals surface area contributed by atoms with Gasteiger partial charge in [-0.15, -0.1) is 0 Å². The molecule has 0 aliphatic heterocycles. The van der Waals surface area contributed by atoms with Crippen LogP contribution in [0.3, 0.4) is 0 Å². The van der Waals surface area contributed by atoms with Gasteiger partial charge in [0.05, 0.1) is 16.3 Å². The smallest absolute Gasteiger partial charge is 0.261 e. The number of rotatable bonds is 6. The Morgan fingerprint density at radius 2 is 1.58 bits per heavy atom. The summed E-state index contributed by atoms with van der Waals surface area (Å²) in [5, 5.41) is 3.25. The summed E-state index contributed by atoms with van der Waals surface area (Å²) in [5.74, 6) is 0.582. The summed E-state index contributed by atoms with van der Waals surface area (Å²) in [6.07, 6.45) is 1.47. The lowest BCUT2D eigenvalue weighted by Crippen LogP contribution is -2.14. The lowest BCUT2D eigenvalue weighted by atomic mass is 10.1. The minimum atomic E-state index is -3.69. The Bertz CT molecular complexity index is 1320. The molecule has 4 rings (SSSR count). The first-order valence-corrected chi connectivity index (χ1v) is 11.0. The number of benzene rings is 3. The highest BCUT2D eigenvalue weighted by atomic mass is 32.2. The van der Waals surface area contributed by atoms with Gasteiger partial charge in [-0.3, -0.25) is 4.72 Å². The predicted octanol–water partition coefficient (Wildman–Crippen LogP) is 4.58. The summed E-state index contributed by atoms with van der Waals surface area (Å²) in [6, 6.07) is 22.9. The van der Waals surface area contributed by atoms with Crippen LogP contribution in [0.5, 0.6) is 0 Å². The van der Waals surface area contributed by atoms with Crippen molar-refractivity contribution in [3.63, 3.8) is 0 Å². The molecular formula is C23H21N5O2S. The summed E-state index contributed by atoms with van der Waals surface area (Å²) in [5.41, 5.74) is 10.1. The molecule has 0 spiro atoms. The number of nitrogens with zero attached hydrogens (tertiary/aromatic N) is 2. The molecule has 1 aromatic heterocycles. The van der Waals surface area contributed by atoms with Crippen LogP contribution in [0.2, 0.25) is 0 Å². The number of sulfonamides is 1. The van der Waals surface area contributed by atoms with Crippen LogP contribution in [0.1, 0.15) is 5.56 Å². The van der Waals surface area contributed by atoms with Crippen molar-refractivity contribution in [1.82, 2.24) is 9.97 Å². The zero-order valence-electron chi connectivity index (χ0n) is 16.8. The minimum absolute atomic E-state index is 0.204. The van der Waals surface area contributed by atoms with Crippen molar-refractivity contribution in [2.24, 2.45) is 0 Å². The van der Waals surface area contributed by atoms with Crippen molar-refractivity contribution in [3.05, 3.63) is 90.8 Å². The van der Waals surface area contributed by atoms with E-state index < -0.39 is 10.0 Å². The van der Waals surface area contributed by atoms with Crippen LogP contribution in [0.25, 0.3) is 11.3 Å². The molecule has 1 heterocycles. The molecule has 7 nitrogen and oxygen atoms in total. The average Bonchev–Trinajstić information content (AvgIpc) is 2.77. The van der Waals surface area contributed by atoms with E-state index in [0.29, 0.717) is 17.2 Å². The molecule has 8 heteroatoms. The largest absolute Gasteiger partial charge is 0.399 e. The molecular weight excluding hydrogens is 410 g/mol. The number of hydrogen-bond acceptors (Lipinski definition) is 6. The Morgan fingerprint density at radius 1 is 0.839 bits per heavy atom. The van der Waals surface area contributed by atoms with Gasteiger partial charge >= 0.3 is 0 Å². The normalized spacial score (nSPS) is 11.1. The molecule has 156 valence electrons. The van der Waals surface area contributed by atoms with Gasteiger partial charge in [0, 0.05) is 23.0 Å². The first-order valence-electron chi connectivity index (χ1n) is 9.55. The number of anilines is 4. The van der Waals surface area contributed by atoms with Crippen molar-refractivity contribution in [2.75, 3.05) is 15.8 Å². The van der Waals surface area contributed by atoms with E-state index in [1.54, 1.807) is 42.5 Å². The van der Waals surface area contributed by atoms with Crippen molar-refractivity contribution >= 4 is 32.9 Å². The van der Waals surface area contributed by atoms with Crippen molar-refractivity contribution < 1.29 is 8.42 Å². The summed E-state index contributed by atoms with van der Waals surface area (Å²) >= 11 is 0. The molecule has 0 unspecified atom stereocenters. The second-order valence-electron chi connectivity index (χ2n) is 6.94. The van der Waals surface area contributed by atoms with Crippen molar-refractivity contribution in [1.29, 1.82) is 0 Å². The van der Waals surface area contributed by atoms with Gasteiger partial charge in [-0.25, -0.2) is 18.4 Å². The lowest BCUT2D eigenvalue weighted by Gasteiger charge is -2.15. The highest BCUT2D eigenvalue weighted by Crippen LogP contribution is 2.29. The second-order valence-corrected chi connectivity index (χ2v) is 8.62. The Labute approximate surface area is 181 Å². The van der Waals surface area contributed by atoms with E-state index in [9.17, 15) is 8.42 Å². The maximum absolute atomic E-state index is 12.7. The second kappa shape index (κ2) is 8.45. The third-order valence-corrected chi connectivity index (χ3v) is 6.13. The fourth-order valence-corrected chi connectivity index (χ4v) is 4.25. The van der Waals surface area contributed by atoms with Gasteiger partial charge in [0.1, 0.15) is 12.1 Å².